The maximum Gasteiger partial charge on any atom is 0.238 e. The molecule has 5 nitrogen and oxygen atoms in total. The maximum atomic E-state index is 13.6. The van der Waals surface area contributed by atoms with Gasteiger partial charge in [0, 0.05) is 6.54 Å². The maximum absolute atomic E-state index is 13.6. The molecule has 0 heterocycles. The Bertz CT molecular complexity index is 529. The number of hydrogen-bond donors (Lipinski definition) is 3. The van der Waals surface area contributed by atoms with Crippen molar-refractivity contribution in [1.29, 1.82) is 0 Å². The van der Waals surface area contributed by atoms with Crippen LogP contribution in [0.25, 0.3) is 0 Å². The van der Waals surface area contributed by atoms with E-state index in [0.29, 0.717) is 13.1 Å². The molecule has 1 aromatic carbocycles. The third-order valence-electron chi connectivity index (χ3n) is 2.58. The second-order valence-electron chi connectivity index (χ2n) is 4.91. The Morgan fingerprint density at radius 2 is 2.00 bits per heavy atom. The molecule has 7 heteroatoms. The van der Waals surface area contributed by atoms with Crippen molar-refractivity contribution in [2.24, 2.45) is 16.3 Å². The smallest absolute Gasteiger partial charge is 0.238 e. The minimum Gasteiger partial charge on any atom is -0.382 e. The van der Waals surface area contributed by atoms with E-state index >= 15 is 0 Å². The number of hydrogen-bond acceptors (Lipinski definition) is 4. The van der Waals surface area contributed by atoms with E-state index in [4.69, 9.17) is 10.9 Å². The molecule has 0 radical (unpaired) electrons. The first-order valence-corrected chi connectivity index (χ1v) is 6.97. The summed E-state index contributed by atoms with van der Waals surface area (Å²) in [6, 6.07) is 3.50. The number of rotatable bonds is 5. The molecule has 102 valence electrons. The molecule has 0 bridgehead atoms. The van der Waals surface area contributed by atoms with Crippen LogP contribution >= 0.6 is 0 Å². The van der Waals surface area contributed by atoms with Crippen molar-refractivity contribution in [3.05, 3.63) is 24.0 Å². The van der Waals surface area contributed by atoms with Crippen molar-refractivity contribution in [2.45, 2.75) is 18.7 Å². The highest BCUT2D eigenvalue weighted by atomic mass is 32.2. The number of primary sulfonamides is 1. The largest absolute Gasteiger partial charge is 0.382 e. The summed E-state index contributed by atoms with van der Waals surface area (Å²) in [5.74, 6) is -0.658. The lowest BCUT2D eigenvalue weighted by Crippen LogP contribution is -2.31. The van der Waals surface area contributed by atoms with Gasteiger partial charge in [0.15, 0.2) is 0 Å². The van der Waals surface area contributed by atoms with E-state index in [1.807, 2.05) is 13.8 Å². The van der Waals surface area contributed by atoms with Gasteiger partial charge in [-0.15, -0.1) is 0 Å². The van der Waals surface area contributed by atoms with E-state index in [9.17, 15) is 12.8 Å². The third-order valence-corrected chi connectivity index (χ3v) is 3.49. The minimum atomic E-state index is -3.88. The van der Waals surface area contributed by atoms with Crippen molar-refractivity contribution in [3.63, 3.8) is 0 Å². The van der Waals surface area contributed by atoms with Gasteiger partial charge in [-0.1, -0.05) is 13.8 Å². The van der Waals surface area contributed by atoms with Gasteiger partial charge in [0.05, 0.1) is 10.6 Å². The zero-order valence-corrected chi connectivity index (χ0v) is 11.2. The number of sulfonamides is 1. The van der Waals surface area contributed by atoms with Crippen molar-refractivity contribution in [3.8, 4) is 0 Å². The summed E-state index contributed by atoms with van der Waals surface area (Å²) in [6.07, 6.45) is 0. The van der Waals surface area contributed by atoms with Crippen LogP contribution in [0.4, 0.5) is 10.1 Å². The second-order valence-corrected chi connectivity index (χ2v) is 6.47. The summed E-state index contributed by atoms with van der Waals surface area (Å²) in [7, 11) is -3.88. The Balaban J connectivity index is 2.88. The normalized spacial score (nSPS) is 12.5. The van der Waals surface area contributed by atoms with Gasteiger partial charge in [0.1, 0.15) is 5.82 Å². The minimum absolute atomic E-state index is 0.176. The average Bonchev–Trinajstić information content (AvgIpc) is 2.26. The molecule has 0 aromatic heterocycles. The Kier molecular flexibility index (Phi) is 4.31. The number of halogens is 1. The predicted octanol–water partition coefficient (Wildman–Crippen LogP) is 0.870. The fraction of sp³-hybridized carbons (Fsp3) is 0.455. The molecule has 0 saturated carbocycles. The fourth-order valence-electron chi connectivity index (χ4n) is 1.22. The van der Waals surface area contributed by atoms with Gasteiger partial charge < -0.3 is 11.1 Å². The van der Waals surface area contributed by atoms with Gasteiger partial charge in [-0.2, -0.15) is 0 Å². The number of nitrogens with two attached hydrogens (primary N) is 2. The van der Waals surface area contributed by atoms with Crippen LogP contribution in [-0.2, 0) is 10.0 Å². The SMILES string of the molecule is CC(C)(CN)CNc1ccc(S(N)(=O)=O)cc1F. The summed E-state index contributed by atoms with van der Waals surface area (Å²) in [4.78, 5) is -0.247. The van der Waals surface area contributed by atoms with E-state index in [-0.39, 0.29) is 16.0 Å². The highest BCUT2D eigenvalue weighted by molar-refractivity contribution is 7.89. The second kappa shape index (κ2) is 5.21. The number of nitrogens with one attached hydrogen (secondary N) is 1. The molecule has 0 fully saturated rings. The van der Waals surface area contributed by atoms with Crippen LogP contribution in [-0.4, -0.2) is 21.5 Å². The van der Waals surface area contributed by atoms with Gasteiger partial charge in [-0.25, -0.2) is 17.9 Å². The lowest BCUT2D eigenvalue weighted by molar-refractivity contribution is 0.405. The zero-order valence-electron chi connectivity index (χ0n) is 10.4. The van der Waals surface area contributed by atoms with Crippen molar-refractivity contribution < 1.29 is 12.8 Å². The molecule has 0 aliphatic heterocycles. The highest BCUT2D eigenvalue weighted by Gasteiger charge is 2.17. The molecule has 5 N–H and O–H groups in total. The first-order valence-electron chi connectivity index (χ1n) is 5.42. The van der Waals surface area contributed by atoms with Crippen LogP contribution in [0.1, 0.15) is 13.8 Å². The highest BCUT2D eigenvalue weighted by Crippen LogP contribution is 2.20. The molecular formula is C11H18FN3O2S. The van der Waals surface area contributed by atoms with Crippen LogP contribution in [0.3, 0.4) is 0 Å². The lowest BCUT2D eigenvalue weighted by atomic mass is 9.94. The first-order chi connectivity index (χ1) is 8.15. The summed E-state index contributed by atoms with van der Waals surface area (Å²) < 4.78 is 35.7. The van der Waals surface area contributed by atoms with Crippen LogP contribution in [0.2, 0.25) is 0 Å². The third kappa shape index (κ3) is 3.94. The van der Waals surface area contributed by atoms with Crippen LogP contribution in [0, 0.1) is 11.2 Å². The molecule has 0 atom stereocenters. The molecule has 0 amide bonds. The molecule has 1 rings (SSSR count). The fourth-order valence-corrected chi connectivity index (χ4v) is 1.75. The standard InChI is InChI=1S/C11H18FN3O2S/c1-11(2,6-13)7-15-10-4-3-8(5-9(10)12)18(14,16)17/h3-5,15H,6-7,13H2,1-2H3,(H2,14,16,17). The molecule has 0 spiro atoms. The van der Waals surface area contributed by atoms with E-state index in [1.165, 1.54) is 12.1 Å². The van der Waals surface area contributed by atoms with Gasteiger partial charge in [-0.05, 0) is 30.2 Å². The number of anilines is 1. The van der Waals surface area contributed by atoms with Crippen LogP contribution in [0.5, 0.6) is 0 Å². The topological polar surface area (TPSA) is 98.2 Å². The Morgan fingerprint density at radius 3 is 2.44 bits per heavy atom. The molecule has 18 heavy (non-hydrogen) atoms. The van der Waals surface area contributed by atoms with Gasteiger partial charge in [0.2, 0.25) is 10.0 Å². The van der Waals surface area contributed by atoms with Crippen LogP contribution < -0.4 is 16.2 Å². The summed E-state index contributed by atoms with van der Waals surface area (Å²) in [5, 5.41) is 7.80. The zero-order chi connectivity index (χ0) is 14.0. The molecule has 0 aliphatic carbocycles. The van der Waals surface area contributed by atoms with Crippen molar-refractivity contribution >= 4 is 15.7 Å². The van der Waals surface area contributed by atoms with Gasteiger partial charge in [0.25, 0.3) is 0 Å². The molecular weight excluding hydrogens is 257 g/mol. The predicted molar refractivity (Wildman–Crippen MR) is 69.1 cm³/mol. The Hall–Kier alpha value is -1.18. The van der Waals surface area contributed by atoms with Crippen LogP contribution in [0.15, 0.2) is 23.1 Å². The molecule has 0 unspecified atom stereocenters. The van der Waals surface area contributed by atoms with E-state index < -0.39 is 15.8 Å². The first kappa shape index (κ1) is 14.9. The number of benzene rings is 1. The Labute approximate surface area is 106 Å². The molecule has 0 saturated heterocycles. The molecule has 1 aromatic rings. The lowest BCUT2D eigenvalue weighted by Gasteiger charge is -2.23. The summed E-state index contributed by atoms with van der Waals surface area (Å²) in [6.45, 7) is 4.82. The van der Waals surface area contributed by atoms with Crippen molar-refractivity contribution in [2.75, 3.05) is 18.4 Å². The Morgan fingerprint density at radius 1 is 1.39 bits per heavy atom. The average molecular weight is 275 g/mol. The quantitative estimate of drug-likeness (QED) is 0.742. The summed E-state index contributed by atoms with van der Waals surface area (Å²) in [5.41, 5.74) is 5.61. The van der Waals surface area contributed by atoms with E-state index in [0.717, 1.165) is 6.07 Å². The molecule has 0 aliphatic rings. The van der Waals surface area contributed by atoms with Gasteiger partial charge >= 0.3 is 0 Å². The summed E-state index contributed by atoms with van der Waals surface area (Å²) >= 11 is 0. The van der Waals surface area contributed by atoms with E-state index in [1.54, 1.807) is 0 Å². The van der Waals surface area contributed by atoms with E-state index in [2.05, 4.69) is 5.32 Å². The van der Waals surface area contributed by atoms with Gasteiger partial charge in [-0.3, -0.25) is 0 Å². The van der Waals surface area contributed by atoms with Crippen molar-refractivity contribution in [1.82, 2.24) is 0 Å². The monoisotopic (exact) mass is 275 g/mol.